The molecule has 0 unspecified atom stereocenters. The van der Waals surface area contributed by atoms with Gasteiger partial charge in [-0.15, -0.1) is 0 Å². The summed E-state index contributed by atoms with van der Waals surface area (Å²) in [6.07, 6.45) is 0.202. The molecule has 0 fully saturated rings. The molecule has 0 spiro atoms. The number of carbonyl (C=O) groups is 1. The van der Waals surface area contributed by atoms with E-state index >= 15 is 0 Å². The summed E-state index contributed by atoms with van der Waals surface area (Å²) < 4.78 is 5.35. The minimum Gasteiger partial charge on any atom is -0.408 e. The van der Waals surface area contributed by atoms with Crippen LogP contribution in [0.4, 0.5) is 10.5 Å². The molecule has 0 saturated heterocycles. The number of anilines is 1. The number of nitrogens with two attached hydrogens (primary N) is 1. The van der Waals surface area contributed by atoms with Crippen LogP contribution in [0.3, 0.4) is 0 Å². The number of benzene rings is 3. The molecule has 6 heteroatoms. The highest BCUT2D eigenvalue weighted by atomic mass is 35.5. The zero-order valence-corrected chi connectivity index (χ0v) is 17.9. The van der Waals surface area contributed by atoms with Crippen molar-refractivity contribution in [1.82, 2.24) is 10.2 Å². The molecule has 5 nitrogen and oxygen atoms in total. The molecule has 0 saturated carbocycles. The van der Waals surface area contributed by atoms with Crippen LogP contribution in [0.5, 0.6) is 5.75 Å². The maximum absolute atomic E-state index is 12.1. The van der Waals surface area contributed by atoms with Gasteiger partial charge < -0.3 is 20.7 Å². The summed E-state index contributed by atoms with van der Waals surface area (Å²) in [4.78, 5) is 14.2. The predicted octanol–water partition coefficient (Wildman–Crippen LogP) is 4.98. The van der Waals surface area contributed by atoms with E-state index in [1.807, 2.05) is 44.4 Å². The Morgan fingerprint density at radius 3 is 2.23 bits per heavy atom. The van der Waals surface area contributed by atoms with Crippen molar-refractivity contribution in [3.05, 3.63) is 82.9 Å². The van der Waals surface area contributed by atoms with Gasteiger partial charge in [0.15, 0.2) is 5.75 Å². The minimum atomic E-state index is -0.523. The molecular weight excluding hydrogens is 398 g/mol. The summed E-state index contributed by atoms with van der Waals surface area (Å²) in [6.45, 7) is 1.39. The van der Waals surface area contributed by atoms with Gasteiger partial charge in [0.1, 0.15) is 0 Å². The standard InChI is InChI=1S/C24H26ClN3O2/c1-28(2)16-18-5-3-17(4-6-18)13-14-27-24(29)30-23-12-9-20(15-22(23)26)19-7-10-21(25)11-8-19/h3-12,15H,13-14,16,26H2,1-2H3,(H,27,29). The Labute approximate surface area is 182 Å². The lowest BCUT2D eigenvalue weighted by Gasteiger charge is -2.11. The molecule has 0 aliphatic carbocycles. The van der Waals surface area contributed by atoms with Gasteiger partial charge >= 0.3 is 6.09 Å². The van der Waals surface area contributed by atoms with Crippen LogP contribution in [0, 0.1) is 0 Å². The summed E-state index contributed by atoms with van der Waals surface area (Å²) in [6, 6.07) is 21.2. The third-order valence-corrected chi connectivity index (χ3v) is 4.85. The van der Waals surface area contributed by atoms with Crippen molar-refractivity contribution in [2.24, 2.45) is 0 Å². The van der Waals surface area contributed by atoms with E-state index in [2.05, 4.69) is 34.5 Å². The highest BCUT2D eigenvalue weighted by Gasteiger charge is 2.09. The van der Waals surface area contributed by atoms with Gasteiger partial charge in [0, 0.05) is 18.1 Å². The zero-order valence-electron chi connectivity index (χ0n) is 17.2. The number of nitrogen functional groups attached to an aromatic ring is 1. The van der Waals surface area contributed by atoms with E-state index < -0.39 is 6.09 Å². The number of ether oxygens (including phenoxy) is 1. The lowest BCUT2D eigenvalue weighted by Crippen LogP contribution is -2.29. The van der Waals surface area contributed by atoms with Crippen LogP contribution >= 0.6 is 11.6 Å². The van der Waals surface area contributed by atoms with Gasteiger partial charge in [-0.25, -0.2) is 4.79 Å². The molecule has 0 atom stereocenters. The molecule has 3 rings (SSSR count). The normalized spacial score (nSPS) is 10.8. The highest BCUT2D eigenvalue weighted by Crippen LogP contribution is 2.29. The molecule has 156 valence electrons. The summed E-state index contributed by atoms with van der Waals surface area (Å²) in [5, 5.41) is 3.44. The first-order valence-electron chi connectivity index (χ1n) is 9.74. The van der Waals surface area contributed by atoms with Gasteiger partial charge in [0.05, 0.1) is 5.69 Å². The number of amides is 1. The van der Waals surface area contributed by atoms with Crippen molar-refractivity contribution in [3.8, 4) is 16.9 Å². The number of nitrogens with one attached hydrogen (secondary N) is 1. The maximum Gasteiger partial charge on any atom is 0.412 e. The topological polar surface area (TPSA) is 67.6 Å². The van der Waals surface area contributed by atoms with E-state index in [0.717, 1.165) is 29.7 Å². The molecule has 1 amide bonds. The van der Waals surface area contributed by atoms with Crippen molar-refractivity contribution >= 4 is 23.4 Å². The highest BCUT2D eigenvalue weighted by molar-refractivity contribution is 6.30. The molecule has 0 radical (unpaired) electrons. The van der Waals surface area contributed by atoms with Crippen LogP contribution in [-0.4, -0.2) is 31.6 Å². The largest absolute Gasteiger partial charge is 0.412 e. The fraction of sp³-hybridized carbons (Fsp3) is 0.208. The Morgan fingerprint density at radius 1 is 0.967 bits per heavy atom. The maximum atomic E-state index is 12.1. The second-order valence-corrected chi connectivity index (χ2v) is 7.82. The second-order valence-electron chi connectivity index (χ2n) is 7.38. The summed E-state index contributed by atoms with van der Waals surface area (Å²) in [5.74, 6) is 0.332. The van der Waals surface area contributed by atoms with E-state index in [9.17, 15) is 4.79 Å². The van der Waals surface area contributed by atoms with Gasteiger partial charge in [-0.2, -0.15) is 0 Å². The van der Waals surface area contributed by atoms with Crippen molar-refractivity contribution in [2.45, 2.75) is 13.0 Å². The van der Waals surface area contributed by atoms with Crippen molar-refractivity contribution < 1.29 is 9.53 Å². The lowest BCUT2D eigenvalue weighted by molar-refractivity contribution is 0.201. The van der Waals surface area contributed by atoms with Crippen LogP contribution in [0.25, 0.3) is 11.1 Å². The van der Waals surface area contributed by atoms with Gasteiger partial charge in [0.2, 0.25) is 0 Å². The smallest absolute Gasteiger partial charge is 0.408 e. The number of nitrogens with zero attached hydrogens (tertiary/aromatic N) is 1. The summed E-state index contributed by atoms with van der Waals surface area (Å²) in [5.41, 5.74) is 10.8. The molecule has 30 heavy (non-hydrogen) atoms. The first-order valence-corrected chi connectivity index (χ1v) is 10.1. The quantitative estimate of drug-likeness (QED) is 0.526. The zero-order chi connectivity index (χ0) is 21.5. The lowest BCUT2D eigenvalue weighted by atomic mass is 10.1. The number of hydrogen-bond acceptors (Lipinski definition) is 4. The fourth-order valence-electron chi connectivity index (χ4n) is 3.08. The van der Waals surface area contributed by atoms with Gasteiger partial charge in [-0.1, -0.05) is 54.1 Å². The van der Waals surface area contributed by atoms with E-state index in [0.29, 0.717) is 23.0 Å². The average Bonchev–Trinajstić information content (AvgIpc) is 2.71. The van der Waals surface area contributed by atoms with E-state index in [-0.39, 0.29) is 0 Å². The Morgan fingerprint density at radius 2 is 1.60 bits per heavy atom. The minimum absolute atomic E-state index is 0.332. The van der Waals surface area contributed by atoms with E-state index in [1.54, 1.807) is 12.1 Å². The monoisotopic (exact) mass is 423 g/mol. The Bertz CT molecular complexity index is 986. The van der Waals surface area contributed by atoms with Gasteiger partial charge in [-0.3, -0.25) is 0 Å². The second kappa shape index (κ2) is 10.1. The third kappa shape index (κ3) is 6.24. The Balaban J connectivity index is 1.50. The van der Waals surface area contributed by atoms with Crippen molar-refractivity contribution in [2.75, 3.05) is 26.4 Å². The summed E-state index contributed by atoms with van der Waals surface area (Å²) in [7, 11) is 4.09. The molecule has 0 aliphatic heterocycles. The van der Waals surface area contributed by atoms with Crippen LogP contribution < -0.4 is 15.8 Å². The molecule has 0 aromatic heterocycles. The molecule has 3 aromatic carbocycles. The molecule has 3 aromatic rings. The van der Waals surface area contributed by atoms with Crippen LogP contribution in [0.1, 0.15) is 11.1 Å². The SMILES string of the molecule is CN(C)Cc1ccc(CCNC(=O)Oc2ccc(-c3ccc(Cl)cc3)cc2N)cc1. The van der Waals surface area contributed by atoms with Gasteiger partial charge in [-0.05, 0) is 67.0 Å². The molecule has 0 heterocycles. The molecular formula is C24H26ClN3O2. The Hall–Kier alpha value is -3.02. The summed E-state index contributed by atoms with van der Waals surface area (Å²) >= 11 is 5.93. The van der Waals surface area contributed by atoms with Crippen LogP contribution in [-0.2, 0) is 13.0 Å². The van der Waals surface area contributed by atoms with Crippen LogP contribution in [0.2, 0.25) is 5.02 Å². The average molecular weight is 424 g/mol. The predicted molar refractivity (Wildman–Crippen MR) is 123 cm³/mol. The van der Waals surface area contributed by atoms with E-state index in [1.165, 1.54) is 5.56 Å². The number of carbonyl (C=O) groups excluding carboxylic acids is 1. The van der Waals surface area contributed by atoms with Crippen LogP contribution in [0.15, 0.2) is 66.7 Å². The first kappa shape index (κ1) is 21.7. The van der Waals surface area contributed by atoms with Crippen molar-refractivity contribution in [1.29, 1.82) is 0 Å². The fourth-order valence-corrected chi connectivity index (χ4v) is 3.21. The molecule has 3 N–H and O–H groups in total. The number of halogens is 1. The van der Waals surface area contributed by atoms with E-state index in [4.69, 9.17) is 22.1 Å². The third-order valence-electron chi connectivity index (χ3n) is 4.59. The number of rotatable bonds is 7. The Kier molecular flexibility index (Phi) is 7.33. The van der Waals surface area contributed by atoms with Gasteiger partial charge in [0.25, 0.3) is 0 Å². The number of hydrogen-bond donors (Lipinski definition) is 2. The first-order chi connectivity index (χ1) is 14.4. The van der Waals surface area contributed by atoms with Crippen molar-refractivity contribution in [3.63, 3.8) is 0 Å². The molecule has 0 bridgehead atoms. The molecule has 0 aliphatic rings.